The van der Waals surface area contributed by atoms with Gasteiger partial charge in [0.2, 0.25) is 0 Å². The Bertz CT molecular complexity index is 726. The maximum atomic E-state index is 12.6. The Morgan fingerprint density at radius 2 is 2.00 bits per heavy atom. The molecule has 0 saturated carbocycles. The highest BCUT2D eigenvalue weighted by Crippen LogP contribution is 2.31. The number of pyridine rings is 1. The van der Waals surface area contributed by atoms with E-state index in [0.29, 0.717) is 18.5 Å². The number of aliphatic hydroxyl groups excluding tert-OH is 1. The molecule has 6 heteroatoms. The molecule has 0 aliphatic carbocycles. The molecule has 0 amide bonds. The van der Waals surface area contributed by atoms with Crippen molar-refractivity contribution in [1.82, 2.24) is 4.98 Å². The number of anilines is 1. The lowest BCUT2D eigenvalue weighted by Crippen LogP contribution is -2.29. The number of benzene rings is 1. The quantitative estimate of drug-likeness (QED) is 0.925. The fourth-order valence-corrected chi connectivity index (χ4v) is 3.75. The second kappa shape index (κ2) is 4.88. The van der Waals surface area contributed by atoms with Crippen molar-refractivity contribution in [2.24, 2.45) is 0 Å². The first-order valence-corrected chi connectivity index (χ1v) is 7.73. The lowest BCUT2D eigenvalue weighted by atomic mass is 10.2. The Morgan fingerprint density at radius 3 is 2.70 bits per heavy atom. The summed E-state index contributed by atoms with van der Waals surface area (Å²) in [4.78, 5) is 3.95. The summed E-state index contributed by atoms with van der Waals surface area (Å²) in [5.41, 5.74) is 2.34. The SMILES string of the molecule is O=S(=O)(c1ccc(CO)cn1)N1CCc2ccccc21. The Balaban J connectivity index is 2.00. The third kappa shape index (κ3) is 2.07. The maximum Gasteiger partial charge on any atom is 0.281 e. The molecule has 1 aliphatic heterocycles. The standard InChI is InChI=1S/C14H14N2O3S/c17-10-11-5-6-14(15-9-11)20(18,19)16-8-7-12-3-1-2-4-13(12)16/h1-6,9,17H,7-8,10H2. The van der Waals surface area contributed by atoms with Crippen LogP contribution in [0, 0.1) is 0 Å². The number of sulfonamides is 1. The molecule has 0 atom stereocenters. The summed E-state index contributed by atoms with van der Waals surface area (Å²) in [6.07, 6.45) is 2.10. The van der Waals surface area contributed by atoms with Gasteiger partial charge in [-0.25, -0.2) is 4.98 Å². The number of hydrogen-bond acceptors (Lipinski definition) is 4. The number of para-hydroxylation sites is 1. The molecule has 1 N–H and O–H groups in total. The number of hydrogen-bond donors (Lipinski definition) is 1. The first-order chi connectivity index (χ1) is 9.63. The highest BCUT2D eigenvalue weighted by atomic mass is 32.2. The highest BCUT2D eigenvalue weighted by Gasteiger charge is 2.31. The minimum absolute atomic E-state index is 0.00593. The molecule has 1 aromatic heterocycles. The lowest BCUT2D eigenvalue weighted by Gasteiger charge is -2.18. The topological polar surface area (TPSA) is 70.5 Å². The van der Waals surface area contributed by atoms with Crippen LogP contribution in [0.3, 0.4) is 0 Å². The van der Waals surface area contributed by atoms with E-state index in [1.54, 1.807) is 6.07 Å². The Morgan fingerprint density at radius 1 is 1.20 bits per heavy atom. The second-order valence-corrected chi connectivity index (χ2v) is 6.43. The largest absolute Gasteiger partial charge is 0.392 e. The smallest absolute Gasteiger partial charge is 0.281 e. The van der Waals surface area contributed by atoms with Crippen LogP contribution in [0.4, 0.5) is 5.69 Å². The Hall–Kier alpha value is -1.92. The molecule has 3 rings (SSSR count). The number of nitrogens with zero attached hydrogens (tertiary/aromatic N) is 2. The van der Waals surface area contributed by atoms with E-state index in [9.17, 15) is 8.42 Å². The summed E-state index contributed by atoms with van der Waals surface area (Å²) in [6, 6.07) is 10.5. The van der Waals surface area contributed by atoms with Gasteiger partial charge in [0.15, 0.2) is 5.03 Å². The van der Waals surface area contributed by atoms with Crippen LogP contribution >= 0.6 is 0 Å². The minimum Gasteiger partial charge on any atom is -0.392 e. The van der Waals surface area contributed by atoms with E-state index in [1.807, 2.05) is 24.3 Å². The van der Waals surface area contributed by atoms with E-state index < -0.39 is 10.0 Å². The van der Waals surface area contributed by atoms with Gasteiger partial charge in [-0.3, -0.25) is 4.31 Å². The molecule has 0 radical (unpaired) electrons. The summed E-state index contributed by atoms with van der Waals surface area (Å²) in [6.45, 7) is 0.283. The van der Waals surface area contributed by atoms with Gasteiger partial charge in [-0.15, -0.1) is 0 Å². The molecule has 2 heterocycles. The van der Waals surface area contributed by atoms with Crippen molar-refractivity contribution in [3.05, 3.63) is 53.7 Å². The molecule has 2 aromatic rings. The number of rotatable bonds is 3. The van der Waals surface area contributed by atoms with Gasteiger partial charge in [-0.05, 0) is 29.7 Å². The Labute approximate surface area is 117 Å². The van der Waals surface area contributed by atoms with Crippen LogP contribution in [0.1, 0.15) is 11.1 Å². The second-order valence-electron chi connectivity index (χ2n) is 4.62. The molecule has 1 aliphatic rings. The first-order valence-electron chi connectivity index (χ1n) is 6.29. The van der Waals surface area contributed by atoms with Gasteiger partial charge in [0.1, 0.15) is 0 Å². The molecule has 0 unspecified atom stereocenters. The van der Waals surface area contributed by atoms with Crippen molar-refractivity contribution in [2.75, 3.05) is 10.8 Å². The summed E-state index contributed by atoms with van der Waals surface area (Å²) >= 11 is 0. The van der Waals surface area contributed by atoms with Crippen LogP contribution < -0.4 is 4.31 Å². The molecular formula is C14H14N2O3S. The van der Waals surface area contributed by atoms with Gasteiger partial charge in [-0.1, -0.05) is 24.3 Å². The van der Waals surface area contributed by atoms with Gasteiger partial charge in [-0.2, -0.15) is 8.42 Å². The zero-order valence-electron chi connectivity index (χ0n) is 10.7. The normalized spacial score (nSPS) is 14.3. The van der Waals surface area contributed by atoms with Crippen molar-refractivity contribution in [1.29, 1.82) is 0 Å². The van der Waals surface area contributed by atoms with Crippen LogP contribution in [0.2, 0.25) is 0 Å². The number of aliphatic hydroxyl groups is 1. The average molecular weight is 290 g/mol. The molecule has 0 saturated heterocycles. The summed E-state index contributed by atoms with van der Waals surface area (Å²) < 4.78 is 26.6. The zero-order chi connectivity index (χ0) is 14.2. The minimum atomic E-state index is -3.64. The van der Waals surface area contributed by atoms with Gasteiger partial charge in [0.05, 0.1) is 12.3 Å². The number of aromatic nitrogens is 1. The van der Waals surface area contributed by atoms with Crippen molar-refractivity contribution in [3.63, 3.8) is 0 Å². The van der Waals surface area contributed by atoms with Gasteiger partial charge >= 0.3 is 0 Å². The van der Waals surface area contributed by atoms with Crippen molar-refractivity contribution < 1.29 is 13.5 Å². The van der Waals surface area contributed by atoms with Crippen molar-refractivity contribution in [2.45, 2.75) is 18.1 Å². The molecule has 5 nitrogen and oxygen atoms in total. The van der Waals surface area contributed by atoms with E-state index in [0.717, 1.165) is 11.3 Å². The van der Waals surface area contributed by atoms with E-state index in [4.69, 9.17) is 5.11 Å². The summed E-state index contributed by atoms with van der Waals surface area (Å²) in [7, 11) is -3.64. The molecule has 0 spiro atoms. The molecule has 0 fully saturated rings. The predicted octanol–water partition coefficient (Wildman–Crippen LogP) is 1.33. The van der Waals surface area contributed by atoms with Crippen LogP contribution in [0.5, 0.6) is 0 Å². The van der Waals surface area contributed by atoms with Gasteiger partial charge in [0, 0.05) is 12.7 Å². The number of fused-ring (bicyclic) bond motifs is 1. The molecule has 1 aromatic carbocycles. The first kappa shape index (κ1) is 13.1. The van der Waals surface area contributed by atoms with Crippen LogP contribution in [-0.2, 0) is 23.1 Å². The summed E-state index contributed by atoms with van der Waals surface area (Å²) in [5.74, 6) is 0. The fraction of sp³-hybridized carbons (Fsp3) is 0.214. The van der Waals surface area contributed by atoms with Crippen molar-refractivity contribution >= 4 is 15.7 Å². The van der Waals surface area contributed by atoms with E-state index in [-0.39, 0.29) is 11.6 Å². The van der Waals surface area contributed by atoms with E-state index in [2.05, 4.69) is 4.98 Å². The fourth-order valence-electron chi connectivity index (χ4n) is 2.33. The van der Waals surface area contributed by atoms with Crippen LogP contribution in [0.25, 0.3) is 0 Å². The Kier molecular flexibility index (Phi) is 3.19. The van der Waals surface area contributed by atoms with Gasteiger partial charge in [0.25, 0.3) is 10.0 Å². The lowest BCUT2D eigenvalue weighted by molar-refractivity contribution is 0.281. The summed E-state index contributed by atoms with van der Waals surface area (Å²) in [5, 5.41) is 8.98. The van der Waals surface area contributed by atoms with E-state index >= 15 is 0 Å². The average Bonchev–Trinajstić information content (AvgIpc) is 2.92. The monoisotopic (exact) mass is 290 g/mol. The molecular weight excluding hydrogens is 276 g/mol. The zero-order valence-corrected chi connectivity index (χ0v) is 11.5. The molecule has 0 bridgehead atoms. The third-order valence-corrected chi connectivity index (χ3v) is 5.11. The van der Waals surface area contributed by atoms with Crippen molar-refractivity contribution in [3.8, 4) is 0 Å². The molecule has 20 heavy (non-hydrogen) atoms. The van der Waals surface area contributed by atoms with Crippen LogP contribution in [0.15, 0.2) is 47.6 Å². The van der Waals surface area contributed by atoms with E-state index in [1.165, 1.54) is 16.6 Å². The highest BCUT2D eigenvalue weighted by molar-refractivity contribution is 7.92. The maximum absolute atomic E-state index is 12.6. The van der Waals surface area contributed by atoms with Crippen LogP contribution in [-0.4, -0.2) is 25.1 Å². The molecule has 104 valence electrons. The predicted molar refractivity (Wildman–Crippen MR) is 74.8 cm³/mol. The van der Waals surface area contributed by atoms with Gasteiger partial charge < -0.3 is 5.11 Å². The third-order valence-electron chi connectivity index (χ3n) is 3.38.